The average molecular weight is 265 g/mol. The topological polar surface area (TPSA) is 43.7 Å². The van der Waals surface area contributed by atoms with Crippen LogP contribution in [0.2, 0.25) is 0 Å². The maximum Gasteiger partial charge on any atom is 0.0606 e. The summed E-state index contributed by atoms with van der Waals surface area (Å²) in [4.78, 5) is 2.05. The van der Waals surface area contributed by atoms with E-state index in [9.17, 15) is 0 Å². The number of hydrogen-bond acceptors (Lipinski definition) is 3. The van der Waals surface area contributed by atoms with Gasteiger partial charge in [0.1, 0.15) is 0 Å². The number of aliphatic hydroxyl groups is 2. The molecule has 0 heterocycles. The summed E-state index contributed by atoms with van der Waals surface area (Å²) in [6.07, 6.45) is 4.43. The van der Waals surface area contributed by atoms with E-state index in [2.05, 4.69) is 36.9 Å². The third-order valence-electron chi connectivity index (χ3n) is 3.22. The zero-order chi connectivity index (χ0) is 14.1. The number of aliphatic hydroxyl groups excluding tert-OH is 2. The summed E-state index contributed by atoms with van der Waals surface area (Å²) in [5.41, 5.74) is 3.83. The van der Waals surface area contributed by atoms with Crippen molar-refractivity contribution in [2.75, 3.05) is 31.2 Å². The van der Waals surface area contributed by atoms with Crippen LogP contribution in [0.25, 0.3) is 0 Å². The van der Waals surface area contributed by atoms with Gasteiger partial charge in [-0.1, -0.05) is 32.8 Å². The minimum absolute atomic E-state index is 0.112. The van der Waals surface area contributed by atoms with E-state index in [0.29, 0.717) is 13.1 Å². The van der Waals surface area contributed by atoms with Crippen molar-refractivity contribution in [3.63, 3.8) is 0 Å². The van der Waals surface area contributed by atoms with Gasteiger partial charge < -0.3 is 15.1 Å². The summed E-state index contributed by atoms with van der Waals surface area (Å²) in [6.45, 7) is 5.74. The Kier molecular flexibility index (Phi) is 7.53. The van der Waals surface area contributed by atoms with E-state index in [0.717, 1.165) is 31.4 Å². The van der Waals surface area contributed by atoms with Crippen molar-refractivity contribution in [1.29, 1.82) is 0 Å². The molecule has 0 spiro atoms. The molecular weight excluding hydrogens is 238 g/mol. The fraction of sp³-hybridized carbons (Fsp3) is 0.625. The van der Waals surface area contributed by atoms with Gasteiger partial charge in [0.05, 0.1) is 13.2 Å². The summed E-state index contributed by atoms with van der Waals surface area (Å²) in [7, 11) is 0. The maximum atomic E-state index is 9.15. The standard InChI is InChI=1S/C16H27NO2/c1-3-5-14-11-15(6-4-2)13-16(12-14)17(7-9-18)8-10-19/h11-13,18-19H,3-10H2,1-2H3. The molecule has 3 heteroatoms. The molecule has 0 saturated carbocycles. The quantitative estimate of drug-likeness (QED) is 0.720. The Labute approximate surface area is 116 Å². The van der Waals surface area contributed by atoms with Crippen LogP contribution in [0.5, 0.6) is 0 Å². The van der Waals surface area contributed by atoms with Crippen molar-refractivity contribution in [1.82, 2.24) is 0 Å². The average Bonchev–Trinajstić information content (AvgIpc) is 2.39. The van der Waals surface area contributed by atoms with Crippen molar-refractivity contribution >= 4 is 5.69 Å². The van der Waals surface area contributed by atoms with E-state index in [1.54, 1.807) is 0 Å². The van der Waals surface area contributed by atoms with Gasteiger partial charge in [0, 0.05) is 18.8 Å². The van der Waals surface area contributed by atoms with Gasteiger partial charge in [0.15, 0.2) is 0 Å². The van der Waals surface area contributed by atoms with Crippen LogP contribution >= 0.6 is 0 Å². The number of hydrogen-bond donors (Lipinski definition) is 2. The van der Waals surface area contributed by atoms with Gasteiger partial charge in [0.25, 0.3) is 0 Å². The number of nitrogens with zero attached hydrogens (tertiary/aromatic N) is 1. The molecule has 0 bridgehead atoms. The van der Waals surface area contributed by atoms with Crippen LogP contribution in [0.4, 0.5) is 5.69 Å². The lowest BCUT2D eigenvalue weighted by atomic mass is 10.0. The fourth-order valence-corrected chi connectivity index (χ4v) is 2.40. The van der Waals surface area contributed by atoms with Crippen molar-refractivity contribution in [2.45, 2.75) is 39.5 Å². The summed E-state index contributed by atoms with van der Waals surface area (Å²) in [5, 5.41) is 18.3. The Morgan fingerprint density at radius 3 is 1.68 bits per heavy atom. The lowest BCUT2D eigenvalue weighted by Crippen LogP contribution is -2.29. The first kappa shape index (κ1) is 16.0. The zero-order valence-corrected chi connectivity index (χ0v) is 12.2. The second kappa shape index (κ2) is 8.94. The molecule has 1 aromatic carbocycles. The zero-order valence-electron chi connectivity index (χ0n) is 12.2. The third-order valence-corrected chi connectivity index (χ3v) is 3.22. The van der Waals surface area contributed by atoms with Crippen LogP contribution < -0.4 is 4.90 Å². The number of rotatable bonds is 9. The van der Waals surface area contributed by atoms with E-state index in [1.807, 2.05) is 0 Å². The summed E-state index contributed by atoms with van der Waals surface area (Å²) in [6, 6.07) is 6.66. The first-order valence-corrected chi connectivity index (χ1v) is 7.34. The first-order valence-electron chi connectivity index (χ1n) is 7.34. The fourth-order valence-electron chi connectivity index (χ4n) is 2.40. The highest BCUT2D eigenvalue weighted by atomic mass is 16.3. The molecule has 0 radical (unpaired) electrons. The SMILES string of the molecule is CCCc1cc(CCC)cc(N(CCO)CCO)c1. The molecule has 0 atom stereocenters. The van der Waals surface area contributed by atoms with Gasteiger partial charge in [-0.05, 0) is 36.1 Å². The van der Waals surface area contributed by atoms with Crippen LogP contribution in [-0.2, 0) is 12.8 Å². The van der Waals surface area contributed by atoms with E-state index in [-0.39, 0.29) is 13.2 Å². The molecule has 0 saturated heterocycles. The van der Waals surface area contributed by atoms with E-state index >= 15 is 0 Å². The molecule has 0 fully saturated rings. The molecule has 0 amide bonds. The second-order valence-electron chi connectivity index (χ2n) is 4.94. The van der Waals surface area contributed by atoms with Crippen molar-refractivity contribution in [2.24, 2.45) is 0 Å². The highest BCUT2D eigenvalue weighted by Crippen LogP contribution is 2.21. The number of aryl methyl sites for hydroxylation is 2. The molecule has 0 aliphatic carbocycles. The summed E-state index contributed by atoms with van der Waals surface area (Å²) in [5.74, 6) is 0. The molecule has 1 rings (SSSR count). The van der Waals surface area contributed by atoms with Crippen LogP contribution in [-0.4, -0.2) is 36.5 Å². The molecule has 0 aliphatic heterocycles. The smallest absolute Gasteiger partial charge is 0.0606 e. The predicted octanol–water partition coefficient (Wildman–Crippen LogP) is 2.38. The number of benzene rings is 1. The lowest BCUT2D eigenvalue weighted by Gasteiger charge is -2.24. The van der Waals surface area contributed by atoms with Gasteiger partial charge in [-0.2, -0.15) is 0 Å². The van der Waals surface area contributed by atoms with Gasteiger partial charge in [0.2, 0.25) is 0 Å². The molecule has 1 aromatic rings. The molecule has 3 nitrogen and oxygen atoms in total. The monoisotopic (exact) mass is 265 g/mol. The maximum absolute atomic E-state index is 9.15. The van der Waals surface area contributed by atoms with Crippen LogP contribution in [0, 0.1) is 0 Å². The van der Waals surface area contributed by atoms with Gasteiger partial charge >= 0.3 is 0 Å². The predicted molar refractivity (Wildman–Crippen MR) is 80.8 cm³/mol. The van der Waals surface area contributed by atoms with Gasteiger partial charge in [-0.15, -0.1) is 0 Å². The highest BCUT2D eigenvalue weighted by molar-refractivity contribution is 5.51. The van der Waals surface area contributed by atoms with Crippen molar-refractivity contribution in [3.8, 4) is 0 Å². The highest BCUT2D eigenvalue weighted by Gasteiger charge is 2.08. The Hall–Kier alpha value is -1.06. The Balaban J connectivity index is 3.00. The van der Waals surface area contributed by atoms with Crippen LogP contribution in [0.15, 0.2) is 18.2 Å². The minimum atomic E-state index is 0.112. The largest absolute Gasteiger partial charge is 0.395 e. The Morgan fingerprint density at radius 2 is 1.32 bits per heavy atom. The molecule has 0 aromatic heterocycles. The molecule has 2 N–H and O–H groups in total. The Bertz CT molecular complexity index is 336. The summed E-state index contributed by atoms with van der Waals surface area (Å²) < 4.78 is 0. The van der Waals surface area contributed by atoms with E-state index in [1.165, 1.54) is 11.1 Å². The normalized spacial score (nSPS) is 10.7. The number of anilines is 1. The van der Waals surface area contributed by atoms with Crippen molar-refractivity contribution in [3.05, 3.63) is 29.3 Å². The lowest BCUT2D eigenvalue weighted by molar-refractivity contribution is 0.281. The van der Waals surface area contributed by atoms with Crippen molar-refractivity contribution < 1.29 is 10.2 Å². The molecule has 0 unspecified atom stereocenters. The second-order valence-corrected chi connectivity index (χ2v) is 4.94. The van der Waals surface area contributed by atoms with E-state index < -0.39 is 0 Å². The van der Waals surface area contributed by atoms with Crippen LogP contribution in [0.3, 0.4) is 0 Å². The molecule has 19 heavy (non-hydrogen) atoms. The molecule has 108 valence electrons. The van der Waals surface area contributed by atoms with E-state index in [4.69, 9.17) is 10.2 Å². The minimum Gasteiger partial charge on any atom is -0.395 e. The Morgan fingerprint density at radius 1 is 0.842 bits per heavy atom. The van der Waals surface area contributed by atoms with Gasteiger partial charge in [-0.25, -0.2) is 0 Å². The first-order chi connectivity index (χ1) is 9.24. The third kappa shape index (κ3) is 5.21. The van der Waals surface area contributed by atoms with Crippen LogP contribution in [0.1, 0.15) is 37.8 Å². The molecular formula is C16H27NO2. The summed E-state index contributed by atoms with van der Waals surface area (Å²) >= 11 is 0. The van der Waals surface area contributed by atoms with Gasteiger partial charge in [-0.3, -0.25) is 0 Å². The molecule has 0 aliphatic rings.